The van der Waals surface area contributed by atoms with Gasteiger partial charge in [-0.2, -0.15) is 0 Å². The SMILES string of the molecule is O=C(NCc1ccc(Cl)cc1)NC1CCN(C2CC2)CC1. The summed E-state index contributed by atoms with van der Waals surface area (Å²) in [7, 11) is 0. The summed E-state index contributed by atoms with van der Waals surface area (Å²) in [5, 5.41) is 6.70. The predicted octanol–water partition coefficient (Wildman–Crippen LogP) is 2.77. The second kappa shape index (κ2) is 6.67. The predicted molar refractivity (Wildman–Crippen MR) is 84.4 cm³/mol. The van der Waals surface area contributed by atoms with Gasteiger partial charge in [0, 0.05) is 36.7 Å². The van der Waals surface area contributed by atoms with Crippen LogP contribution in [0.25, 0.3) is 0 Å². The van der Waals surface area contributed by atoms with Crippen molar-refractivity contribution in [2.75, 3.05) is 13.1 Å². The van der Waals surface area contributed by atoms with Crippen LogP contribution < -0.4 is 10.6 Å². The van der Waals surface area contributed by atoms with Crippen molar-refractivity contribution in [3.63, 3.8) is 0 Å². The topological polar surface area (TPSA) is 44.4 Å². The van der Waals surface area contributed by atoms with Gasteiger partial charge in [0.15, 0.2) is 0 Å². The Morgan fingerprint density at radius 1 is 1.14 bits per heavy atom. The minimum atomic E-state index is -0.0742. The molecule has 2 fully saturated rings. The molecule has 1 aliphatic heterocycles. The molecule has 2 aliphatic rings. The van der Waals surface area contributed by atoms with Crippen LogP contribution in [-0.4, -0.2) is 36.1 Å². The normalized spacial score (nSPS) is 20.2. The number of amides is 2. The first kappa shape index (κ1) is 14.7. The number of urea groups is 1. The third-order valence-electron chi connectivity index (χ3n) is 4.29. The molecule has 5 heteroatoms. The molecule has 0 radical (unpaired) electrons. The molecule has 0 bridgehead atoms. The van der Waals surface area contributed by atoms with Gasteiger partial charge in [-0.3, -0.25) is 0 Å². The van der Waals surface area contributed by atoms with Crippen LogP contribution >= 0.6 is 11.6 Å². The molecule has 114 valence electrons. The van der Waals surface area contributed by atoms with E-state index in [9.17, 15) is 4.79 Å². The first-order valence-corrected chi connectivity index (χ1v) is 8.11. The van der Waals surface area contributed by atoms with Gasteiger partial charge in [0.1, 0.15) is 0 Å². The average molecular weight is 308 g/mol. The zero-order chi connectivity index (χ0) is 14.7. The number of nitrogens with zero attached hydrogens (tertiary/aromatic N) is 1. The molecular formula is C16H22ClN3O. The van der Waals surface area contributed by atoms with Crippen molar-refractivity contribution in [1.82, 2.24) is 15.5 Å². The van der Waals surface area contributed by atoms with Crippen molar-refractivity contribution in [3.8, 4) is 0 Å². The van der Waals surface area contributed by atoms with Crippen LogP contribution in [0.3, 0.4) is 0 Å². The molecule has 1 saturated heterocycles. The number of piperidine rings is 1. The number of nitrogens with one attached hydrogen (secondary N) is 2. The second-order valence-electron chi connectivity index (χ2n) is 5.99. The van der Waals surface area contributed by atoms with Gasteiger partial charge in [0.25, 0.3) is 0 Å². The molecule has 0 aromatic heterocycles. The molecule has 2 N–H and O–H groups in total. The van der Waals surface area contributed by atoms with Gasteiger partial charge in [-0.05, 0) is 43.4 Å². The highest BCUT2D eigenvalue weighted by Crippen LogP contribution is 2.29. The van der Waals surface area contributed by atoms with Gasteiger partial charge in [-0.1, -0.05) is 23.7 Å². The summed E-state index contributed by atoms with van der Waals surface area (Å²) in [4.78, 5) is 14.5. The van der Waals surface area contributed by atoms with E-state index in [2.05, 4.69) is 15.5 Å². The smallest absolute Gasteiger partial charge is 0.315 e. The van der Waals surface area contributed by atoms with Crippen molar-refractivity contribution >= 4 is 17.6 Å². The maximum absolute atomic E-state index is 11.9. The Bertz CT molecular complexity index is 479. The molecule has 0 atom stereocenters. The monoisotopic (exact) mass is 307 g/mol. The van der Waals surface area contributed by atoms with Gasteiger partial charge < -0.3 is 15.5 Å². The molecular weight excluding hydrogens is 286 g/mol. The summed E-state index contributed by atoms with van der Waals surface area (Å²) in [5.41, 5.74) is 1.05. The fraction of sp³-hybridized carbons (Fsp3) is 0.562. The van der Waals surface area contributed by atoms with Gasteiger partial charge in [0.2, 0.25) is 0 Å². The molecule has 1 saturated carbocycles. The summed E-state index contributed by atoms with van der Waals surface area (Å²) in [5.74, 6) is 0. The van der Waals surface area contributed by atoms with Crippen LogP contribution in [0.4, 0.5) is 4.79 Å². The molecule has 4 nitrogen and oxygen atoms in total. The molecule has 0 spiro atoms. The van der Waals surface area contributed by atoms with Crippen LogP contribution in [0.15, 0.2) is 24.3 Å². The number of halogens is 1. The first-order chi connectivity index (χ1) is 10.2. The Morgan fingerprint density at radius 3 is 2.43 bits per heavy atom. The Morgan fingerprint density at radius 2 is 1.81 bits per heavy atom. The molecule has 1 aliphatic carbocycles. The number of benzene rings is 1. The van der Waals surface area contributed by atoms with Gasteiger partial charge in [-0.15, -0.1) is 0 Å². The molecule has 3 rings (SSSR count). The Labute approximate surface area is 130 Å². The number of hydrogen-bond donors (Lipinski definition) is 2. The molecule has 1 aromatic carbocycles. The van der Waals surface area contributed by atoms with E-state index in [-0.39, 0.29) is 6.03 Å². The standard InChI is InChI=1S/C16H22ClN3O/c17-13-3-1-12(2-4-13)11-18-16(21)19-14-7-9-20(10-8-14)15-5-6-15/h1-4,14-15H,5-11H2,(H2,18,19,21). The summed E-state index contributed by atoms with van der Waals surface area (Å²) >= 11 is 5.84. The van der Waals surface area contributed by atoms with Crippen LogP contribution in [0, 0.1) is 0 Å². The van der Waals surface area contributed by atoms with Gasteiger partial charge in [0.05, 0.1) is 0 Å². The molecule has 1 aromatic rings. The van der Waals surface area contributed by atoms with E-state index in [1.165, 1.54) is 12.8 Å². The summed E-state index contributed by atoms with van der Waals surface area (Å²) < 4.78 is 0. The zero-order valence-electron chi connectivity index (χ0n) is 12.1. The van der Waals surface area contributed by atoms with Crippen molar-refractivity contribution in [2.45, 2.75) is 44.3 Å². The molecule has 2 amide bonds. The third kappa shape index (κ3) is 4.35. The number of carbonyl (C=O) groups is 1. The van der Waals surface area contributed by atoms with E-state index in [0.717, 1.165) is 37.5 Å². The fourth-order valence-electron chi connectivity index (χ4n) is 2.87. The minimum absolute atomic E-state index is 0.0742. The lowest BCUT2D eigenvalue weighted by Gasteiger charge is -2.32. The average Bonchev–Trinajstić information content (AvgIpc) is 3.32. The summed E-state index contributed by atoms with van der Waals surface area (Å²) in [6, 6.07) is 8.60. The van der Waals surface area contributed by atoms with Crippen molar-refractivity contribution in [2.24, 2.45) is 0 Å². The first-order valence-electron chi connectivity index (χ1n) is 7.73. The van der Waals surface area contributed by atoms with E-state index in [0.29, 0.717) is 17.6 Å². The van der Waals surface area contributed by atoms with E-state index in [4.69, 9.17) is 11.6 Å². The van der Waals surface area contributed by atoms with Gasteiger partial charge >= 0.3 is 6.03 Å². The van der Waals surface area contributed by atoms with Crippen molar-refractivity contribution < 1.29 is 4.79 Å². The fourth-order valence-corrected chi connectivity index (χ4v) is 3.00. The van der Waals surface area contributed by atoms with E-state index in [1.54, 1.807) is 0 Å². The lowest BCUT2D eigenvalue weighted by Crippen LogP contribution is -2.48. The van der Waals surface area contributed by atoms with E-state index in [1.807, 2.05) is 24.3 Å². The van der Waals surface area contributed by atoms with Gasteiger partial charge in [-0.25, -0.2) is 4.79 Å². The number of likely N-dealkylation sites (tertiary alicyclic amines) is 1. The minimum Gasteiger partial charge on any atom is -0.335 e. The molecule has 1 heterocycles. The Hall–Kier alpha value is -1.26. The number of hydrogen-bond acceptors (Lipinski definition) is 2. The van der Waals surface area contributed by atoms with Crippen LogP contribution in [0.2, 0.25) is 5.02 Å². The van der Waals surface area contributed by atoms with E-state index < -0.39 is 0 Å². The largest absolute Gasteiger partial charge is 0.335 e. The maximum Gasteiger partial charge on any atom is 0.315 e. The highest BCUT2D eigenvalue weighted by molar-refractivity contribution is 6.30. The lowest BCUT2D eigenvalue weighted by molar-refractivity contribution is 0.186. The highest BCUT2D eigenvalue weighted by atomic mass is 35.5. The van der Waals surface area contributed by atoms with Crippen LogP contribution in [0.5, 0.6) is 0 Å². The van der Waals surface area contributed by atoms with Crippen molar-refractivity contribution in [1.29, 1.82) is 0 Å². The molecule has 21 heavy (non-hydrogen) atoms. The number of carbonyl (C=O) groups excluding carboxylic acids is 1. The van der Waals surface area contributed by atoms with E-state index >= 15 is 0 Å². The van der Waals surface area contributed by atoms with Crippen LogP contribution in [0.1, 0.15) is 31.2 Å². The Kier molecular flexibility index (Phi) is 4.66. The third-order valence-corrected chi connectivity index (χ3v) is 4.55. The number of rotatable bonds is 4. The summed E-state index contributed by atoms with van der Waals surface area (Å²) in [6.45, 7) is 2.77. The summed E-state index contributed by atoms with van der Waals surface area (Å²) in [6.07, 6.45) is 4.84. The zero-order valence-corrected chi connectivity index (χ0v) is 12.9. The Balaban J connectivity index is 1.37. The molecule has 0 unspecified atom stereocenters. The van der Waals surface area contributed by atoms with Crippen molar-refractivity contribution in [3.05, 3.63) is 34.9 Å². The van der Waals surface area contributed by atoms with Crippen LogP contribution in [-0.2, 0) is 6.54 Å². The second-order valence-corrected chi connectivity index (χ2v) is 6.43. The quantitative estimate of drug-likeness (QED) is 0.898. The lowest BCUT2D eigenvalue weighted by atomic mass is 10.1. The maximum atomic E-state index is 11.9. The highest BCUT2D eigenvalue weighted by Gasteiger charge is 2.31.